The zero-order valence-corrected chi connectivity index (χ0v) is 11.8. The quantitative estimate of drug-likeness (QED) is 0.903. The molecule has 0 saturated heterocycles. The number of aromatic nitrogens is 1. The second-order valence-corrected chi connectivity index (χ2v) is 6.10. The molecule has 6 heteroatoms. The van der Waals surface area contributed by atoms with Crippen LogP contribution in [0.25, 0.3) is 0 Å². The third-order valence-electron chi connectivity index (χ3n) is 4.04. The number of rotatable bonds is 3. The summed E-state index contributed by atoms with van der Waals surface area (Å²) in [6.45, 7) is 4.13. The maximum atomic E-state index is 12.7. The lowest BCUT2D eigenvalue weighted by Crippen LogP contribution is -2.27. The van der Waals surface area contributed by atoms with Gasteiger partial charge in [-0.3, -0.25) is 0 Å². The zero-order chi connectivity index (χ0) is 14.9. The first-order valence-corrected chi connectivity index (χ1v) is 7.09. The van der Waals surface area contributed by atoms with E-state index >= 15 is 0 Å². The van der Waals surface area contributed by atoms with Gasteiger partial charge in [0.25, 0.3) is 0 Å². The van der Waals surface area contributed by atoms with Crippen molar-refractivity contribution < 1.29 is 17.7 Å². The Morgan fingerprint density at radius 2 is 1.85 bits per heavy atom. The molecule has 1 aromatic rings. The molecule has 3 nitrogen and oxygen atoms in total. The number of hydrogen-bond donors (Lipinski definition) is 1. The second kappa shape index (κ2) is 5.66. The maximum Gasteiger partial charge on any atom is 0.391 e. The van der Waals surface area contributed by atoms with Crippen molar-refractivity contribution in [2.45, 2.75) is 58.0 Å². The Morgan fingerprint density at radius 3 is 2.35 bits per heavy atom. The van der Waals surface area contributed by atoms with Gasteiger partial charge in [-0.15, -0.1) is 0 Å². The van der Waals surface area contributed by atoms with Crippen LogP contribution in [0.3, 0.4) is 0 Å². The van der Waals surface area contributed by atoms with Gasteiger partial charge in [0, 0.05) is 11.5 Å². The Balaban J connectivity index is 2.07. The van der Waals surface area contributed by atoms with Crippen molar-refractivity contribution in [1.29, 1.82) is 0 Å². The van der Waals surface area contributed by atoms with Crippen LogP contribution in [-0.4, -0.2) is 11.3 Å². The van der Waals surface area contributed by atoms with Crippen LogP contribution in [0, 0.1) is 11.8 Å². The van der Waals surface area contributed by atoms with E-state index in [4.69, 9.17) is 10.3 Å². The average molecular weight is 290 g/mol. The van der Waals surface area contributed by atoms with E-state index in [9.17, 15) is 13.2 Å². The molecule has 2 N–H and O–H groups in total. The molecule has 1 heterocycles. The van der Waals surface area contributed by atoms with Crippen LogP contribution >= 0.6 is 0 Å². The molecule has 0 atom stereocenters. The van der Waals surface area contributed by atoms with E-state index in [1.165, 1.54) is 0 Å². The zero-order valence-electron chi connectivity index (χ0n) is 11.8. The van der Waals surface area contributed by atoms with Crippen molar-refractivity contribution in [3.63, 3.8) is 0 Å². The number of nitrogens with zero attached hydrogens (tertiary/aromatic N) is 1. The Kier molecular flexibility index (Phi) is 4.30. The van der Waals surface area contributed by atoms with Gasteiger partial charge < -0.3 is 10.3 Å². The first-order chi connectivity index (χ1) is 9.29. The van der Waals surface area contributed by atoms with Crippen LogP contribution in [-0.2, 0) is 6.42 Å². The van der Waals surface area contributed by atoms with Crippen molar-refractivity contribution >= 4 is 5.88 Å². The molecule has 1 aromatic heterocycles. The smallest absolute Gasteiger partial charge is 0.367 e. The third-order valence-corrected chi connectivity index (χ3v) is 4.04. The van der Waals surface area contributed by atoms with E-state index in [1.807, 2.05) is 0 Å². The molecule has 20 heavy (non-hydrogen) atoms. The SMILES string of the molecule is CC(C)Cc1c(C2CCC(C(F)(F)F)CC2)noc1N. The first kappa shape index (κ1) is 15.2. The molecule has 0 radical (unpaired) electrons. The summed E-state index contributed by atoms with van der Waals surface area (Å²) in [6, 6.07) is 0. The fourth-order valence-electron chi connectivity index (χ4n) is 2.96. The normalized spacial score (nSPS) is 24.3. The van der Waals surface area contributed by atoms with Crippen molar-refractivity contribution in [2.24, 2.45) is 11.8 Å². The lowest BCUT2D eigenvalue weighted by molar-refractivity contribution is -0.182. The Bertz CT molecular complexity index is 446. The molecule has 1 saturated carbocycles. The number of anilines is 1. The number of alkyl halides is 3. The fraction of sp³-hybridized carbons (Fsp3) is 0.786. The molecule has 0 amide bonds. The summed E-state index contributed by atoms with van der Waals surface area (Å²) in [4.78, 5) is 0. The van der Waals surface area contributed by atoms with Gasteiger partial charge >= 0.3 is 6.18 Å². The summed E-state index contributed by atoms with van der Waals surface area (Å²) in [6.07, 6.45) is -1.98. The Labute approximate surface area is 116 Å². The van der Waals surface area contributed by atoms with Gasteiger partial charge in [-0.25, -0.2) is 0 Å². The van der Waals surface area contributed by atoms with Gasteiger partial charge in [-0.05, 0) is 38.0 Å². The minimum Gasteiger partial charge on any atom is -0.367 e. The van der Waals surface area contributed by atoms with Gasteiger partial charge in [0.15, 0.2) is 0 Å². The molecule has 114 valence electrons. The molecule has 1 fully saturated rings. The predicted molar refractivity (Wildman–Crippen MR) is 70.2 cm³/mol. The molecule has 0 spiro atoms. The summed E-state index contributed by atoms with van der Waals surface area (Å²) in [5.74, 6) is -0.409. The number of hydrogen-bond acceptors (Lipinski definition) is 3. The van der Waals surface area contributed by atoms with Crippen LogP contribution in [0.2, 0.25) is 0 Å². The highest BCUT2D eigenvalue weighted by molar-refractivity contribution is 5.41. The van der Waals surface area contributed by atoms with Crippen LogP contribution in [0.4, 0.5) is 19.1 Å². The Morgan fingerprint density at radius 1 is 1.25 bits per heavy atom. The molecular formula is C14H21F3N2O. The summed E-state index contributed by atoms with van der Waals surface area (Å²) in [5.41, 5.74) is 7.44. The van der Waals surface area contributed by atoms with Crippen LogP contribution in [0.5, 0.6) is 0 Å². The van der Waals surface area contributed by atoms with E-state index in [0.717, 1.165) is 17.7 Å². The molecule has 2 rings (SSSR count). The summed E-state index contributed by atoms with van der Waals surface area (Å²) in [5, 5.41) is 4.00. The summed E-state index contributed by atoms with van der Waals surface area (Å²) < 4.78 is 43.1. The Hall–Kier alpha value is -1.20. The van der Waals surface area contributed by atoms with Crippen LogP contribution < -0.4 is 5.73 Å². The maximum absolute atomic E-state index is 12.7. The fourth-order valence-corrected chi connectivity index (χ4v) is 2.96. The van der Waals surface area contributed by atoms with Crippen molar-refractivity contribution in [2.75, 3.05) is 5.73 Å². The largest absolute Gasteiger partial charge is 0.391 e. The third kappa shape index (κ3) is 3.27. The molecule has 1 aliphatic carbocycles. The lowest BCUT2D eigenvalue weighted by atomic mass is 9.79. The minimum atomic E-state index is -4.07. The molecule has 1 aliphatic rings. The van der Waals surface area contributed by atoms with Crippen molar-refractivity contribution in [3.8, 4) is 0 Å². The number of nitrogen functional groups attached to an aromatic ring is 1. The number of halogens is 3. The predicted octanol–water partition coefficient (Wildman–Crippen LogP) is 4.29. The van der Waals surface area contributed by atoms with E-state index in [1.54, 1.807) is 0 Å². The lowest BCUT2D eigenvalue weighted by Gasteiger charge is -2.29. The van der Waals surface area contributed by atoms with Crippen molar-refractivity contribution in [3.05, 3.63) is 11.3 Å². The molecule has 0 unspecified atom stereocenters. The van der Waals surface area contributed by atoms with E-state index in [-0.39, 0.29) is 18.8 Å². The highest BCUT2D eigenvalue weighted by Gasteiger charge is 2.42. The minimum absolute atomic E-state index is 0.0448. The van der Waals surface area contributed by atoms with Gasteiger partial charge in [0.2, 0.25) is 5.88 Å². The molecule has 0 aliphatic heterocycles. The van der Waals surface area contributed by atoms with Crippen molar-refractivity contribution in [1.82, 2.24) is 5.16 Å². The van der Waals surface area contributed by atoms with E-state index in [2.05, 4.69) is 19.0 Å². The topological polar surface area (TPSA) is 52.0 Å². The van der Waals surface area contributed by atoms with Gasteiger partial charge in [0.1, 0.15) is 0 Å². The highest BCUT2D eigenvalue weighted by Crippen LogP contribution is 2.44. The van der Waals surface area contributed by atoms with Gasteiger partial charge in [-0.1, -0.05) is 19.0 Å². The van der Waals surface area contributed by atoms with Gasteiger partial charge in [0.05, 0.1) is 11.6 Å². The van der Waals surface area contributed by atoms with Crippen LogP contribution in [0.15, 0.2) is 4.52 Å². The standard InChI is InChI=1S/C14H21F3N2O/c1-8(2)7-11-12(19-20-13(11)18)9-3-5-10(6-4-9)14(15,16)17/h8-10H,3-7,18H2,1-2H3. The molecular weight excluding hydrogens is 269 g/mol. The van der Waals surface area contributed by atoms with Crippen LogP contribution in [0.1, 0.15) is 56.7 Å². The first-order valence-electron chi connectivity index (χ1n) is 7.09. The summed E-state index contributed by atoms with van der Waals surface area (Å²) >= 11 is 0. The van der Waals surface area contributed by atoms with E-state index in [0.29, 0.717) is 24.6 Å². The number of nitrogens with two attached hydrogens (primary N) is 1. The van der Waals surface area contributed by atoms with Gasteiger partial charge in [-0.2, -0.15) is 13.2 Å². The molecule has 0 aromatic carbocycles. The monoisotopic (exact) mass is 290 g/mol. The van der Waals surface area contributed by atoms with E-state index < -0.39 is 12.1 Å². The second-order valence-electron chi connectivity index (χ2n) is 6.10. The summed E-state index contributed by atoms with van der Waals surface area (Å²) in [7, 11) is 0. The average Bonchev–Trinajstić information content (AvgIpc) is 2.70. The highest BCUT2D eigenvalue weighted by atomic mass is 19.4. The molecule has 0 bridgehead atoms.